The zero-order valence-corrected chi connectivity index (χ0v) is 13.9. The van der Waals surface area contributed by atoms with E-state index in [-0.39, 0.29) is 5.75 Å². The third kappa shape index (κ3) is 5.67. The van der Waals surface area contributed by atoms with Crippen molar-refractivity contribution in [2.75, 3.05) is 19.5 Å². The maximum atomic E-state index is 10.7. The molecular formula is C14H25N3O3S. The van der Waals surface area contributed by atoms with Crippen molar-refractivity contribution in [1.29, 1.82) is 0 Å². The molecule has 6 nitrogen and oxygen atoms in total. The van der Waals surface area contributed by atoms with Crippen LogP contribution in [-0.2, 0) is 16.1 Å². The molecule has 1 unspecified atom stereocenters. The number of thioether (sulfide) groups is 1. The summed E-state index contributed by atoms with van der Waals surface area (Å²) in [6, 6.07) is 0. The van der Waals surface area contributed by atoms with Gasteiger partial charge in [-0.3, -0.25) is 4.79 Å². The lowest BCUT2D eigenvalue weighted by Gasteiger charge is -2.16. The van der Waals surface area contributed by atoms with Crippen LogP contribution in [0.15, 0.2) is 5.16 Å². The van der Waals surface area contributed by atoms with Gasteiger partial charge in [-0.05, 0) is 12.8 Å². The summed E-state index contributed by atoms with van der Waals surface area (Å²) in [5, 5.41) is 18.0. The summed E-state index contributed by atoms with van der Waals surface area (Å²) in [6.07, 6.45) is 4.41. The second kappa shape index (κ2) is 9.78. The number of hydrogen-bond acceptors (Lipinski definition) is 5. The van der Waals surface area contributed by atoms with Crippen LogP contribution in [-0.4, -0.2) is 45.3 Å². The number of carboxylic acids is 1. The van der Waals surface area contributed by atoms with Gasteiger partial charge in [0.15, 0.2) is 5.16 Å². The van der Waals surface area contributed by atoms with Crippen molar-refractivity contribution in [3.63, 3.8) is 0 Å². The van der Waals surface area contributed by atoms with Crippen LogP contribution < -0.4 is 0 Å². The number of aliphatic carboxylic acids is 1. The molecule has 0 saturated heterocycles. The van der Waals surface area contributed by atoms with Crippen molar-refractivity contribution in [3.8, 4) is 0 Å². The molecule has 1 aromatic heterocycles. The number of methoxy groups -OCH3 is 1. The lowest BCUT2D eigenvalue weighted by Crippen LogP contribution is -2.13. The fraction of sp³-hybridized carbons (Fsp3) is 0.786. The van der Waals surface area contributed by atoms with Crippen LogP contribution in [0.1, 0.15) is 51.3 Å². The molecular weight excluding hydrogens is 290 g/mol. The molecule has 0 aliphatic carbocycles. The van der Waals surface area contributed by atoms with E-state index < -0.39 is 5.97 Å². The van der Waals surface area contributed by atoms with Crippen molar-refractivity contribution in [3.05, 3.63) is 5.82 Å². The van der Waals surface area contributed by atoms with Crippen LogP contribution in [0.2, 0.25) is 0 Å². The Bertz CT molecular complexity index is 437. The summed E-state index contributed by atoms with van der Waals surface area (Å²) in [5.74, 6) is 0.474. The quantitative estimate of drug-likeness (QED) is 0.633. The number of hydrogen-bond donors (Lipinski definition) is 1. The van der Waals surface area contributed by atoms with E-state index in [0.29, 0.717) is 24.2 Å². The van der Waals surface area contributed by atoms with E-state index >= 15 is 0 Å². The van der Waals surface area contributed by atoms with Crippen LogP contribution in [0.3, 0.4) is 0 Å². The molecule has 0 radical (unpaired) electrons. The number of unbranched alkanes of at least 4 members (excludes halogenated alkanes) is 1. The lowest BCUT2D eigenvalue weighted by molar-refractivity contribution is -0.133. The number of carboxylic acid groups (broad SMARTS) is 1. The first-order valence-corrected chi connectivity index (χ1v) is 8.39. The maximum absolute atomic E-state index is 10.7. The Morgan fingerprint density at radius 2 is 2.19 bits per heavy atom. The van der Waals surface area contributed by atoms with Crippen molar-refractivity contribution >= 4 is 17.7 Å². The molecule has 7 heteroatoms. The first-order valence-electron chi connectivity index (χ1n) is 7.40. The molecule has 120 valence electrons. The fourth-order valence-corrected chi connectivity index (χ4v) is 2.89. The molecule has 0 fully saturated rings. The standard InChI is InChI=1S/C14H25N3O3S/c1-4-6-7-11(5-2)13-15-16-14(21-10-12(18)19)17(13)8-9-20-3/h11H,4-10H2,1-3H3,(H,18,19). The minimum atomic E-state index is -0.846. The van der Waals surface area contributed by atoms with Gasteiger partial charge in [0.05, 0.1) is 12.4 Å². The molecule has 0 bridgehead atoms. The molecule has 21 heavy (non-hydrogen) atoms. The number of carbonyl (C=O) groups is 1. The molecule has 1 aromatic rings. The monoisotopic (exact) mass is 315 g/mol. The Morgan fingerprint density at radius 3 is 2.76 bits per heavy atom. The van der Waals surface area contributed by atoms with Gasteiger partial charge in [-0.15, -0.1) is 10.2 Å². The largest absolute Gasteiger partial charge is 0.481 e. The molecule has 0 amide bonds. The van der Waals surface area contributed by atoms with E-state index in [0.717, 1.165) is 31.5 Å². The predicted octanol–water partition coefficient (Wildman–Crippen LogP) is 2.79. The highest BCUT2D eigenvalue weighted by molar-refractivity contribution is 7.99. The second-order valence-corrected chi connectivity index (χ2v) is 5.86. The van der Waals surface area contributed by atoms with Gasteiger partial charge in [-0.25, -0.2) is 0 Å². The highest BCUT2D eigenvalue weighted by Crippen LogP contribution is 2.27. The summed E-state index contributed by atoms with van der Waals surface area (Å²) in [6.45, 7) is 5.55. The molecule has 0 aliphatic heterocycles. The molecule has 0 aliphatic rings. The van der Waals surface area contributed by atoms with E-state index in [1.807, 2.05) is 4.57 Å². The summed E-state index contributed by atoms with van der Waals surface area (Å²) in [4.78, 5) is 10.7. The summed E-state index contributed by atoms with van der Waals surface area (Å²) in [7, 11) is 1.66. The van der Waals surface area contributed by atoms with Gasteiger partial charge in [0.2, 0.25) is 0 Å². The van der Waals surface area contributed by atoms with Crippen LogP contribution >= 0.6 is 11.8 Å². The Balaban J connectivity index is 2.91. The minimum Gasteiger partial charge on any atom is -0.481 e. The molecule has 0 saturated carbocycles. The van der Waals surface area contributed by atoms with Crippen LogP contribution in [0, 0.1) is 0 Å². The maximum Gasteiger partial charge on any atom is 0.313 e. The first-order chi connectivity index (χ1) is 10.1. The number of rotatable bonds is 11. The Morgan fingerprint density at radius 1 is 1.43 bits per heavy atom. The highest BCUT2D eigenvalue weighted by atomic mass is 32.2. The topological polar surface area (TPSA) is 77.2 Å². The van der Waals surface area contributed by atoms with Crippen LogP contribution in [0.5, 0.6) is 0 Å². The second-order valence-electron chi connectivity index (χ2n) is 4.92. The van der Waals surface area contributed by atoms with E-state index in [4.69, 9.17) is 9.84 Å². The molecule has 1 rings (SSSR count). The smallest absolute Gasteiger partial charge is 0.313 e. The number of nitrogens with zero attached hydrogens (tertiary/aromatic N) is 3. The van der Waals surface area contributed by atoms with Crippen LogP contribution in [0.25, 0.3) is 0 Å². The van der Waals surface area contributed by atoms with Gasteiger partial charge in [0.1, 0.15) is 5.82 Å². The normalized spacial score (nSPS) is 12.5. The van der Waals surface area contributed by atoms with Crippen LogP contribution in [0.4, 0.5) is 0 Å². The van der Waals surface area contributed by atoms with E-state index in [1.165, 1.54) is 11.8 Å². The highest BCUT2D eigenvalue weighted by Gasteiger charge is 2.20. The Labute approximate surface area is 130 Å². The van der Waals surface area contributed by atoms with Crippen molar-refractivity contribution < 1.29 is 14.6 Å². The molecule has 1 atom stereocenters. The number of aromatic nitrogens is 3. The van der Waals surface area contributed by atoms with E-state index in [1.54, 1.807) is 7.11 Å². The molecule has 0 aromatic carbocycles. The van der Waals surface area contributed by atoms with Gasteiger partial charge in [0.25, 0.3) is 0 Å². The summed E-state index contributed by atoms with van der Waals surface area (Å²) < 4.78 is 7.16. The summed E-state index contributed by atoms with van der Waals surface area (Å²) in [5.41, 5.74) is 0. The summed E-state index contributed by atoms with van der Waals surface area (Å²) >= 11 is 1.21. The third-order valence-electron chi connectivity index (χ3n) is 3.35. The van der Waals surface area contributed by atoms with Gasteiger partial charge in [0, 0.05) is 19.6 Å². The minimum absolute atomic E-state index is 0.00311. The zero-order valence-electron chi connectivity index (χ0n) is 13.0. The molecule has 1 heterocycles. The van der Waals surface area contributed by atoms with Crippen molar-refractivity contribution in [2.45, 2.75) is 57.1 Å². The van der Waals surface area contributed by atoms with Gasteiger partial charge >= 0.3 is 5.97 Å². The first kappa shape index (κ1) is 18.0. The van der Waals surface area contributed by atoms with Crippen molar-refractivity contribution in [2.24, 2.45) is 0 Å². The average Bonchev–Trinajstić information content (AvgIpc) is 2.86. The van der Waals surface area contributed by atoms with Crippen molar-refractivity contribution in [1.82, 2.24) is 14.8 Å². The average molecular weight is 315 g/mol. The molecule has 0 spiro atoms. The Kier molecular flexibility index (Phi) is 8.37. The number of ether oxygens (including phenoxy) is 1. The van der Waals surface area contributed by atoms with E-state index in [2.05, 4.69) is 24.0 Å². The lowest BCUT2D eigenvalue weighted by atomic mass is 9.98. The predicted molar refractivity (Wildman–Crippen MR) is 82.8 cm³/mol. The Hall–Kier alpha value is -1.08. The third-order valence-corrected chi connectivity index (χ3v) is 4.30. The van der Waals surface area contributed by atoms with Gasteiger partial charge in [-0.1, -0.05) is 38.5 Å². The van der Waals surface area contributed by atoms with E-state index in [9.17, 15) is 4.79 Å². The molecule has 1 N–H and O–H groups in total. The SMILES string of the molecule is CCCCC(CC)c1nnc(SCC(=O)O)n1CCOC. The van der Waals surface area contributed by atoms with Gasteiger partial charge in [-0.2, -0.15) is 0 Å². The zero-order chi connectivity index (χ0) is 15.7. The fourth-order valence-electron chi connectivity index (χ4n) is 2.19. The van der Waals surface area contributed by atoms with Gasteiger partial charge < -0.3 is 14.4 Å².